The van der Waals surface area contributed by atoms with E-state index < -0.39 is 0 Å². The highest BCUT2D eigenvalue weighted by Crippen LogP contribution is 2.40. The van der Waals surface area contributed by atoms with Crippen molar-refractivity contribution >= 4 is 0 Å². The summed E-state index contributed by atoms with van der Waals surface area (Å²) in [5.74, 6) is 2.05. The lowest BCUT2D eigenvalue weighted by atomic mass is 9.73. The molecule has 2 heteroatoms. The van der Waals surface area contributed by atoms with Crippen LogP contribution in [0.3, 0.4) is 0 Å². The molecular weight excluding hydrogens is 272 g/mol. The average Bonchev–Trinajstić information content (AvgIpc) is 2.53. The van der Waals surface area contributed by atoms with E-state index in [0.29, 0.717) is 29.3 Å². The van der Waals surface area contributed by atoms with Gasteiger partial charge in [-0.3, -0.25) is 0 Å². The van der Waals surface area contributed by atoms with Crippen LogP contribution in [-0.2, 0) is 0 Å². The van der Waals surface area contributed by atoms with Gasteiger partial charge >= 0.3 is 0 Å². The van der Waals surface area contributed by atoms with Crippen LogP contribution in [-0.4, -0.2) is 10.2 Å². The Bertz CT molecular complexity index is 572. The van der Waals surface area contributed by atoms with Crippen molar-refractivity contribution in [2.45, 2.75) is 45.4 Å². The molecule has 0 radical (unpaired) electrons. The highest BCUT2D eigenvalue weighted by atomic mass is 16.3. The molecule has 0 saturated heterocycles. The van der Waals surface area contributed by atoms with Crippen molar-refractivity contribution in [2.75, 3.05) is 0 Å². The van der Waals surface area contributed by atoms with Crippen molar-refractivity contribution in [3.05, 3.63) is 59.7 Å². The SMILES string of the molecule is CCC(c1ccc(O)cc1)C(CC)C(C)c1ccc(O)cc1. The molecule has 0 aliphatic rings. The summed E-state index contributed by atoms with van der Waals surface area (Å²) in [6, 6.07) is 15.2. The van der Waals surface area contributed by atoms with Crippen LogP contribution in [0.1, 0.15) is 56.6 Å². The van der Waals surface area contributed by atoms with Gasteiger partial charge in [-0.05, 0) is 59.6 Å². The maximum absolute atomic E-state index is 9.50. The third-order valence-corrected chi connectivity index (χ3v) is 4.81. The van der Waals surface area contributed by atoms with Crippen LogP contribution in [0.5, 0.6) is 11.5 Å². The standard InChI is InChI=1S/C20H26O2/c1-4-19(14(3)15-6-10-17(21)11-7-15)20(5-2)16-8-12-18(22)13-9-16/h6-14,19-22H,4-5H2,1-3H3. The third-order valence-electron chi connectivity index (χ3n) is 4.81. The van der Waals surface area contributed by atoms with Gasteiger partial charge in [-0.15, -0.1) is 0 Å². The lowest BCUT2D eigenvalue weighted by Crippen LogP contribution is -2.18. The number of hydrogen-bond acceptors (Lipinski definition) is 2. The Kier molecular flexibility index (Phi) is 5.48. The van der Waals surface area contributed by atoms with Gasteiger partial charge in [0, 0.05) is 0 Å². The van der Waals surface area contributed by atoms with E-state index in [-0.39, 0.29) is 0 Å². The summed E-state index contributed by atoms with van der Waals surface area (Å²) in [6.07, 6.45) is 2.17. The molecule has 3 unspecified atom stereocenters. The molecule has 0 spiro atoms. The first-order chi connectivity index (χ1) is 10.6. The van der Waals surface area contributed by atoms with Crippen molar-refractivity contribution in [1.29, 1.82) is 0 Å². The monoisotopic (exact) mass is 298 g/mol. The highest BCUT2D eigenvalue weighted by molar-refractivity contribution is 5.31. The fraction of sp³-hybridized carbons (Fsp3) is 0.400. The molecule has 0 aliphatic carbocycles. The molecule has 0 bridgehead atoms. The molecule has 2 aromatic carbocycles. The molecule has 2 aromatic rings. The molecule has 2 N–H and O–H groups in total. The van der Waals surface area contributed by atoms with Crippen molar-refractivity contribution < 1.29 is 10.2 Å². The van der Waals surface area contributed by atoms with Gasteiger partial charge in [0.25, 0.3) is 0 Å². The Morgan fingerprint density at radius 2 is 1.18 bits per heavy atom. The lowest BCUT2D eigenvalue weighted by Gasteiger charge is -2.31. The molecule has 0 saturated carbocycles. The maximum atomic E-state index is 9.50. The molecular formula is C20H26O2. The highest BCUT2D eigenvalue weighted by Gasteiger charge is 2.26. The number of aromatic hydroxyl groups is 2. The van der Waals surface area contributed by atoms with Crippen molar-refractivity contribution in [1.82, 2.24) is 0 Å². The number of phenols is 2. The molecule has 0 amide bonds. The Labute approximate surface area is 133 Å². The average molecular weight is 298 g/mol. The first kappa shape index (κ1) is 16.4. The van der Waals surface area contributed by atoms with Gasteiger partial charge in [-0.2, -0.15) is 0 Å². The predicted octanol–water partition coefficient (Wildman–Crippen LogP) is 5.42. The van der Waals surface area contributed by atoms with Gasteiger partial charge in [0.15, 0.2) is 0 Å². The molecule has 0 aliphatic heterocycles. The molecule has 0 aromatic heterocycles. The Morgan fingerprint density at radius 1 is 0.727 bits per heavy atom. The van der Waals surface area contributed by atoms with E-state index in [1.807, 2.05) is 24.3 Å². The molecule has 0 heterocycles. The lowest BCUT2D eigenvalue weighted by molar-refractivity contribution is 0.345. The zero-order valence-corrected chi connectivity index (χ0v) is 13.7. The zero-order valence-electron chi connectivity index (χ0n) is 13.7. The molecule has 118 valence electrons. The first-order valence-corrected chi connectivity index (χ1v) is 8.14. The van der Waals surface area contributed by atoms with E-state index in [4.69, 9.17) is 0 Å². The second kappa shape index (κ2) is 7.35. The largest absolute Gasteiger partial charge is 0.508 e. The summed E-state index contributed by atoms with van der Waals surface area (Å²) < 4.78 is 0. The summed E-state index contributed by atoms with van der Waals surface area (Å²) in [4.78, 5) is 0. The number of benzene rings is 2. The van der Waals surface area contributed by atoms with Crippen LogP contribution < -0.4 is 0 Å². The van der Waals surface area contributed by atoms with Crippen LogP contribution in [0, 0.1) is 5.92 Å². The Hall–Kier alpha value is -1.96. The smallest absolute Gasteiger partial charge is 0.115 e. The molecule has 2 rings (SSSR count). The molecule has 22 heavy (non-hydrogen) atoms. The number of rotatable bonds is 6. The fourth-order valence-electron chi connectivity index (χ4n) is 3.52. The number of phenolic OH excluding ortho intramolecular Hbond substituents is 2. The molecule has 0 fully saturated rings. The van der Waals surface area contributed by atoms with Crippen LogP contribution in [0.15, 0.2) is 48.5 Å². The van der Waals surface area contributed by atoms with E-state index in [1.54, 1.807) is 24.3 Å². The van der Waals surface area contributed by atoms with Crippen LogP contribution in [0.4, 0.5) is 0 Å². The van der Waals surface area contributed by atoms with Gasteiger partial charge in [0.1, 0.15) is 11.5 Å². The molecule has 2 nitrogen and oxygen atoms in total. The maximum Gasteiger partial charge on any atom is 0.115 e. The van der Waals surface area contributed by atoms with E-state index >= 15 is 0 Å². The second-order valence-electron chi connectivity index (χ2n) is 6.06. The zero-order chi connectivity index (χ0) is 16.1. The van der Waals surface area contributed by atoms with Crippen molar-refractivity contribution in [3.8, 4) is 11.5 Å². The quantitative estimate of drug-likeness (QED) is 0.747. The van der Waals surface area contributed by atoms with Gasteiger partial charge in [0.2, 0.25) is 0 Å². The first-order valence-electron chi connectivity index (χ1n) is 8.14. The molecule has 3 atom stereocenters. The van der Waals surface area contributed by atoms with Gasteiger partial charge < -0.3 is 10.2 Å². The number of hydrogen-bond donors (Lipinski definition) is 2. The van der Waals surface area contributed by atoms with Gasteiger partial charge in [0.05, 0.1) is 0 Å². The van der Waals surface area contributed by atoms with E-state index in [1.165, 1.54) is 11.1 Å². The minimum Gasteiger partial charge on any atom is -0.508 e. The third kappa shape index (κ3) is 3.62. The van der Waals surface area contributed by atoms with Crippen LogP contribution >= 0.6 is 0 Å². The summed E-state index contributed by atoms with van der Waals surface area (Å²) in [7, 11) is 0. The predicted molar refractivity (Wildman–Crippen MR) is 91.4 cm³/mol. The summed E-state index contributed by atoms with van der Waals surface area (Å²) in [6.45, 7) is 6.73. The summed E-state index contributed by atoms with van der Waals surface area (Å²) >= 11 is 0. The van der Waals surface area contributed by atoms with Crippen LogP contribution in [0.25, 0.3) is 0 Å². The van der Waals surface area contributed by atoms with Crippen molar-refractivity contribution in [3.63, 3.8) is 0 Å². The summed E-state index contributed by atoms with van der Waals surface area (Å²) in [5, 5.41) is 19.0. The van der Waals surface area contributed by atoms with E-state index in [9.17, 15) is 10.2 Å². The summed E-state index contributed by atoms with van der Waals surface area (Å²) in [5.41, 5.74) is 2.56. The Balaban J connectivity index is 2.27. The van der Waals surface area contributed by atoms with E-state index in [0.717, 1.165) is 12.8 Å². The minimum atomic E-state index is 0.314. The van der Waals surface area contributed by atoms with Gasteiger partial charge in [-0.25, -0.2) is 0 Å². The second-order valence-corrected chi connectivity index (χ2v) is 6.06. The normalized spacial score (nSPS) is 15.2. The van der Waals surface area contributed by atoms with Crippen LogP contribution in [0.2, 0.25) is 0 Å². The fourth-order valence-corrected chi connectivity index (χ4v) is 3.52. The topological polar surface area (TPSA) is 40.5 Å². The van der Waals surface area contributed by atoms with E-state index in [2.05, 4.69) is 20.8 Å². The minimum absolute atomic E-state index is 0.314. The Morgan fingerprint density at radius 3 is 1.59 bits per heavy atom. The van der Waals surface area contributed by atoms with Gasteiger partial charge in [-0.1, -0.05) is 51.5 Å². The van der Waals surface area contributed by atoms with Crippen molar-refractivity contribution in [2.24, 2.45) is 5.92 Å².